The first-order valence-electron chi connectivity index (χ1n) is 22.5. The van der Waals surface area contributed by atoms with Gasteiger partial charge in [0.15, 0.2) is 0 Å². The number of hydrogen-bond acceptors (Lipinski definition) is 6. The first kappa shape index (κ1) is 37.5. The highest BCUT2D eigenvalue weighted by molar-refractivity contribution is 6.37. The number of fused-ring (bicyclic) bond motifs is 20. The summed E-state index contributed by atoms with van der Waals surface area (Å²) in [4.78, 5) is 0. The number of hydrogen-bond donors (Lipinski definition) is 2. The van der Waals surface area contributed by atoms with Crippen LogP contribution in [0, 0.1) is 0 Å². The molecule has 0 atom stereocenters. The van der Waals surface area contributed by atoms with Crippen molar-refractivity contribution in [3.05, 3.63) is 120 Å². The molecule has 8 aromatic carbocycles. The van der Waals surface area contributed by atoms with Crippen molar-refractivity contribution >= 4 is 120 Å². The van der Waals surface area contributed by atoms with E-state index in [2.05, 4.69) is 117 Å². The minimum Gasteiger partial charge on any atom is -0.508 e. The van der Waals surface area contributed by atoms with Crippen LogP contribution in [0.4, 0.5) is 0 Å². The summed E-state index contributed by atoms with van der Waals surface area (Å²) in [7, 11) is 3.45. The van der Waals surface area contributed by atoms with Crippen molar-refractivity contribution in [2.45, 2.75) is 52.4 Å². The van der Waals surface area contributed by atoms with E-state index in [1.165, 1.54) is 5.56 Å². The highest BCUT2D eigenvalue weighted by Crippen LogP contribution is 2.53. The zero-order valence-electron chi connectivity index (χ0n) is 37.8. The standard InChI is InChI=1S/C58H44N2O6/c1-57(2,3)28-10-16-47-42(18-28)51-50-39-22-32(64-8)21-36(37(39)24-41-34-15-13-31(63-7)23-46(34)60(54(41)50)55(51)65-47)38-26-48-43(25-44(38)58(4,5)6)52-49-35-19-29(61)11-9-27(35)17-40-33-14-12-30(62)20-45(33)59(53(40)49)56(52)66-48/h9-26,61-62H,1-8H3. The molecular formula is C58H44N2O6. The van der Waals surface area contributed by atoms with Crippen LogP contribution in [0.25, 0.3) is 131 Å². The Morgan fingerprint density at radius 2 is 1.08 bits per heavy atom. The minimum absolute atomic E-state index is 0.0654. The largest absolute Gasteiger partial charge is 0.508 e. The normalized spacial score (nSPS) is 13.3. The molecule has 0 amide bonds. The number of aromatic hydroxyl groups is 2. The Labute approximate surface area is 377 Å². The summed E-state index contributed by atoms with van der Waals surface area (Å²) < 4.78 is 30.5. The summed E-state index contributed by atoms with van der Waals surface area (Å²) in [6.07, 6.45) is 0. The number of phenolic OH excluding ortho intramolecular Hbond substituents is 2. The van der Waals surface area contributed by atoms with E-state index < -0.39 is 0 Å². The number of methoxy groups -OCH3 is 2. The summed E-state index contributed by atoms with van der Waals surface area (Å²) in [5, 5.41) is 36.4. The molecule has 0 saturated carbocycles. The van der Waals surface area contributed by atoms with Crippen LogP contribution in [-0.2, 0) is 10.8 Å². The lowest BCUT2D eigenvalue weighted by atomic mass is 9.79. The Balaban J connectivity index is 1.16. The second kappa shape index (κ2) is 12.1. The number of nitrogens with zero attached hydrogens (tertiary/aromatic N) is 2. The van der Waals surface area contributed by atoms with E-state index >= 15 is 0 Å². The molecule has 0 aliphatic heterocycles. The molecule has 0 fully saturated rings. The highest BCUT2D eigenvalue weighted by Gasteiger charge is 2.31. The number of phenols is 2. The molecular weight excluding hydrogens is 821 g/mol. The monoisotopic (exact) mass is 864 g/mol. The molecule has 0 saturated heterocycles. The average Bonchev–Trinajstić information content (AvgIpc) is 4.12. The molecule has 0 aliphatic rings. The molecule has 322 valence electrons. The number of ether oxygens (including phenoxy) is 2. The number of aromatic nitrogens is 2. The van der Waals surface area contributed by atoms with Crippen molar-refractivity contribution in [1.29, 1.82) is 0 Å². The third-order valence-electron chi connectivity index (χ3n) is 14.6. The zero-order valence-corrected chi connectivity index (χ0v) is 37.8. The van der Waals surface area contributed by atoms with E-state index in [0.717, 1.165) is 143 Å². The van der Waals surface area contributed by atoms with Gasteiger partial charge in [-0.3, -0.25) is 8.80 Å². The van der Waals surface area contributed by atoms with E-state index in [9.17, 15) is 10.2 Å². The molecule has 6 aromatic heterocycles. The van der Waals surface area contributed by atoms with E-state index in [1.807, 2.05) is 30.3 Å². The quantitative estimate of drug-likeness (QED) is 0.184. The van der Waals surface area contributed by atoms with Crippen LogP contribution >= 0.6 is 0 Å². The Hall–Kier alpha value is -7.84. The predicted molar refractivity (Wildman–Crippen MR) is 270 cm³/mol. The molecule has 0 spiro atoms. The Morgan fingerprint density at radius 1 is 0.439 bits per heavy atom. The lowest BCUT2D eigenvalue weighted by Gasteiger charge is -2.24. The second-order valence-corrected chi connectivity index (χ2v) is 20.4. The van der Waals surface area contributed by atoms with E-state index in [1.54, 1.807) is 26.4 Å². The van der Waals surface area contributed by atoms with Gasteiger partial charge < -0.3 is 28.5 Å². The summed E-state index contributed by atoms with van der Waals surface area (Å²) in [5.74, 6) is 1.91. The highest BCUT2D eigenvalue weighted by atomic mass is 16.5. The predicted octanol–water partition coefficient (Wildman–Crippen LogP) is 15.5. The summed E-state index contributed by atoms with van der Waals surface area (Å²) >= 11 is 0. The fraction of sp³-hybridized carbons (Fsp3) is 0.172. The van der Waals surface area contributed by atoms with Gasteiger partial charge in [0, 0.05) is 55.2 Å². The lowest BCUT2D eigenvalue weighted by molar-refractivity contribution is 0.415. The van der Waals surface area contributed by atoms with Crippen molar-refractivity contribution in [2.75, 3.05) is 14.2 Å². The molecule has 8 heteroatoms. The molecule has 14 rings (SSSR count). The maximum atomic E-state index is 10.9. The average molecular weight is 865 g/mol. The molecule has 0 radical (unpaired) electrons. The van der Waals surface area contributed by atoms with E-state index in [-0.39, 0.29) is 22.3 Å². The lowest BCUT2D eigenvalue weighted by Crippen LogP contribution is -2.13. The topological polar surface area (TPSA) is 94.0 Å². The van der Waals surface area contributed by atoms with Gasteiger partial charge in [0.2, 0.25) is 11.4 Å². The minimum atomic E-state index is -0.313. The number of furan rings is 2. The summed E-state index contributed by atoms with van der Waals surface area (Å²) in [6, 6.07) is 37.5. The fourth-order valence-electron chi connectivity index (χ4n) is 11.5. The van der Waals surface area contributed by atoms with Crippen molar-refractivity contribution < 1.29 is 28.5 Å². The molecule has 6 heterocycles. The Morgan fingerprint density at radius 3 is 1.79 bits per heavy atom. The molecule has 0 bridgehead atoms. The van der Waals surface area contributed by atoms with Gasteiger partial charge in [-0.1, -0.05) is 53.7 Å². The number of benzene rings is 8. The van der Waals surface area contributed by atoms with Gasteiger partial charge in [-0.2, -0.15) is 0 Å². The Bertz CT molecular complexity index is 4470. The third kappa shape index (κ3) is 4.63. The van der Waals surface area contributed by atoms with Gasteiger partial charge in [-0.25, -0.2) is 0 Å². The van der Waals surface area contributed by atoms with Gasteiger partial charge in [-0.05, 0) is 140 Å². The van der Waals surface area contributed by atoms with E-state index in [0.29, 0.717) is 5.71 Å². The second-order valence-electron chi connectivity index (χ2n) is 20.4. The SMILES string of the molecule is COc1cc(-c2cc3oc4c(c3cc2C(C)(C)C)c2c3cc(O)ccc3cc3c5ccc(O)cc5n4c32)c2cc3c4ccc(OC)cc4n4c5oc6ccc(C(C)(C)C)cc6c5c(c2c1)c34. The maximum absolute atomic E-state index is 10.9. The molecule has 14 aromatic rings. The first-order valence-corrected chi connectivity index (χ1v) is 22.5. The first-order chi connectivity index (χ1) is 31.7. The van der Waals surface area contributed by atoms with Crippen LogP contribution in [-0.4, -0.2) is 33.2 Å². The fourth-order valence-corrected chi connectivity index (χ4v) is 11.5. The molecule has 0 aliphatic carbocycles. The third-order valence-corrected chi connectivity index (χ3v) is 14.6. The smallest absolute Gasteiger partial charge is 0.213 e. The van der Waals surface area contributed by atoms with Crippen LogP contribution < -0.4 is 9.47 Å². The van der Waals surface area contributed by atoms with Crippen LogP contribution in [0.3, 0.4) is 0 Å². The van der Waals surface area contributed by atoms with Crippen molar-refractivity contribution in [2.24, 2.45) is 0 Å². The van der Waals surface area contributed by atoms with Crippen LogP contribution in [0.15, 0.2) is 118 Å². The molecule has 0 unspecified atom stereocenters. The molecule has 8 nitrogen and oxygen atoms in total. The Kier molecular flexibility index (Phi) is 6.87. The summed E-state index contributed by atoms with van der Waals surface area (Å²) in [6.45, 7) is 13.6. The maximum Gasteiger partial charge on any atom is 0.213 e. The van der Waals surface area contributed by atoms with Gasteiger partial charge in [-0.15, -0.1) is 0 Å². The number of rotatable bonds is 3. The van der Waals surface area contributed by atoms with Crippen molar-refractivity contribution in [3.63, 3.8) is 0 Å². The van der Waals surface area contributed by atoms with Crippen LogP contribution in [0.1, 0.15) is 52.7 Å². The van der Waals surface area contributed by atoms with Gasteiger partial charge >= 0.3 is 0 Å². The van der Waals surface area contributed by atoms with E-state index in [4.69, 9.17) is 18.3 Å². The van der Waals surface area contributed by atoms with Gasteiger partial charge in [0.1, 0.15) is 34.2 Å². The van der Waals surface area contributed by atoms with Crippen molar-refractivity contribution in [3.8, 4) is 34.1 Å². The molecule has 2 N–H and O–H groups in total. The van der Waals surface area contributed by atoms with Gasteiger partial charge in [0.05, 0.1) is 47.1 Å². The van der Waals surface area contributed by atoms with Crippen molar-refractivity contribution in [1.82, 2.24) is 8.80 Å². The van der Waals surface area contributed by atoms with Crippen LogP contribution in [0.5, 0.6) is 23.0 Å². The molecule has 66 heavy (non-hydrogen) atoms. The van der Waals surface area contributed by atoms with Crippen LogP contribution in [0.2, 0.25) is 0 Å². The van der Waals surface area contributed by atoms with Gasteiger partial charge in [0.25, 0.3) is 0 Å². The zero-order chi connectivity index (χ0) is 45.0. The summed E-state index contributed by atoms with van der Waals surface area (Å²) in [5.41, 5.74) is 11.2.